The number of aryl methyl sites for hydroxylation is 1. The highest BCUT2D eigenvalue weighted by molar-refractivity contribution is 8.17. The highest BCUT2D eigenvalue weighted by Gasteiger charge is 2.46. The molecule has 0 radical (unpaired) electrons. The van der Waals surface area contributed by atoms with Crippen LogP contribution in [0.15, 0.2) is 63.9 Å². The van der Waals surface area contributed by atoms with Gasteiger partial charge in [0.25, 0.3) is 10.0 Å². The van der Waals surface area contributed by atoms with E-state index in [9.17, 15) is 13.2 Å². The Bertz CT molecular complexity index is 934. The van der Waals surface area contributed by atoms with Crippen LogP contribution in [-0.4, -0.2) is 24.2 Å². The van der Waals surface area contributed by atoms with Gasteiger partial charge in [0.1, 0.15) is 0 Å². The molecule has 5 nitrogen and oxygen atoms in total. The van der Waals surface area contributed by atoms with Crippen LogP contribution in [0.4, 0.5) is 5.69 Å². The van der Waals surface area contributed by atoms with Crippen molar-refractivity contribution in [3.05, 3.63) is 60.2 Å². The van der Waals surface area contributed by atoms with E-state index in [-0.39, 0.29) is 16.0 Å². The van der Waals surface area contributed by atoms with Gasteiger partial charge in [-0.15, -0.1) is 4.40 Å². The van der Waals surface area contributed by atoms with Crippen molar-refractivity contribution in [2.75, 3.05) is 4.90 Å². The number of nitrogens with zero attached hydrogens (tertiary/aromatic N) is 2. The van der Waals surface area contributed by atoms with Gasteiger partial charge in [0.2, 0.25) is 5.91 Å². The number of carbonyl (C=O) groups is 1. The maximum absolute atomic E-state index is 12.7. The molecular formula is C18H18N2O3S2. The molecule has 1 saturated heterocycles. The molecule has 130 valence electrons. The molecule has 0 aromatic heterocycles. The molecule has 0 unspecified atom stereocenters. The van der Waals surface area contributed by atoms with Crippen LogP contribution in [0, 0.1) is 6.92 Å². The Morgan fingerprint density at radius 2 is 1.60 bits per heavy atom. The summed E-state index contributed by atoms with van der Waals surface area (Å²) in [6.07, 6.45) is 0. The van der Waals surface area contributed by atoms with Gasteiger partial charge in [-0.1, -0.05) is 47.7 Å². The van der Waals surface area contributed by atoms with Crippen LogP contribution in [-0.2, 0) is 14.8 Å². The number of amides is 1. The lowest BCUT2D eigenvalue weighted by molar-refractivity contribution is -0.118. The monoisotopic (exact) mass is 374 g/mol. The minimum absolute atomic E-state index is 0.108. The number of hydrogen-bond donors (Lipinski definition) is 0. The number of thioether (sulfide) groups is 1. The number of rotatable bonds is 3. The van der Waals surface area contributed by atoms with Crippen LogP contribution in [0.2, 0.25) is 0 Å². The lowest BCUT2D eigenvalue weighted by Gasteiger charge is -2.17. The minimum Gasteiger partial charge on any atom is -0.272 e. The predicted octanol–water partition coefficient (Wildman–Crippen LogP) is 3.60. The van der Waals surface area contributed by atoms with Gasteiger partial charge in [-0.25, -0.2) is 0 Å². The molecule has 2 aromatic rings. The largest absolute Gasteiger partial charge is 0.284 e. The first-order chi connectivity index (χ1) is 11.7. The molecule has 1 heterocycles. The van der Waals surface area contributed by atoms with Gasteiger partial charge in [0.05, 0.1) is 15.3 Å². The molecule has 0 N–H and O–H groups in total. The number of sulfonamides is 1. The molecule has 0 aliphatic carbocycles. The number of carbonyl (C=O) groups excluding carboxylic acids is 1. The van der Waals surface area contributed by atoms with Crippen molar-refractivity contribution in [1.29, 1.82) is 0 Å². The maximum Gasteiger partial charge on any atom is 0.284 e. The summed E-state index contributed by atoms with van der Waals surface area (Å²) in [5.41, 5.74) is 1.56. The molecule has 1 aliphatic rings. The lowest BCUT2D eigenvalue weighted by Crippen LogP contribution is -2.36. The van der Waals surface area contributed by atoms with Crippen molar-refractivity contribution < 1.29 is 13.2 Å². The van der Waals surface area contributed by atoms with E-state index >= 15 is 0 Å². The van der Waals surface area contributed by atoms with Gasteiger partial charge in [0, 0.05) is 0 Å². The summed E-state index contributed by atoms with van der Waals surface area (Å²) in [5, 5.41) is 0.168. The molecule has 0 atom stereocenters. The first kappa shape index (κ1) is 17.7. The Hall–Kier alpha value is -2.12. The van der Waals surface area contributed by atoms with Crippen molar-refractivity contribution in [3.63, 3.8) is 0 Å². The topological polar surface area (TPSA) is 66.8 Å². The van der Waals surface area contributed by atoms with Crippen LogP contribution in [0.25, 0.3) is 0 Å². The molecule has 0 saturated carbocycles. The molecule has 1 fully saturated rings. The zero-order chi connectivity index (χ0) is 18.2. The lowest BCUT2D eigenvalue weighted by atomic mass is 10.1. The average Bonchev–Trinajstić information content (AvgIpc) is 2.77. The summed E-state index contributed by atoms with van der Waals surface area (Å²) in [7, 11) is -3.90. The Morgan fingerprint density at radius 1 is 1.00 bits per heavy atom. The van der Waals surface area contributed by atoms with E-state index in [1.54, 1.807) is 50.2 Å². The second kappa shape index (κ2) is 6.31. The first-order valence-corrected chi connectivity index (χ1v) is 9.97. The van der Waals surface area contributed by atoms with Gasteiger partial charge >= 0.3 is 0 Å². The molecule has 1 amide bonds. The highest BCUT2D eigenvalue weighted by atomic mass is 32.2. The summed E-state index contributed by atoms with van der Waals surface area (Å²) in [4.78, 5) is 14.2. The van der Waals surface area contributed by atoms with E-state index in [4.69, 9.17) is 0 Å². The maximum atomic E-state index is 12.7. The smallest absolute Gasteiger partial charge is 0.272 e. The molecule has 1 aliphatic heterocycles. The van der Waals surface area contributed by atoms with Gasteiger partial charge < -0.3 is 0 Å². The molecule has 3 rings (SSSR count). The Balaban J connectivity index is 2.08. The zero-order valence-corrected chi connectivity index (χ0v) is 15.8. The van der Waals surface area contributed by atoms with Crippen molar-refractivity contribution in [2.45, 2.75) is 30.4 Å². The summed E-state index contributed by atoms with van der Waals surface area (Å²) in [6, 6.07) is 15.4. The molecule has 7 heteroatoms. The van der Waals surface area contributed by atoms with Crippen molar-refractivity contribution >= 4 is 38.5 Å². The van der Waals surface area contributed by atoms with Crippen LogP contribution >= 0.6 is 11.8 Å². The van der Waals surface area contributed by atoms with Crippen molar-refractivity contribution in [3.8, 4) is 0 Å². The number of anilines is 1. The third-order valence-electron chi connectivity index (χ3n) is 3.79. The van der Waals surface area contributed by atoms with E-state index in [2.05, 4.69) is 4.40 Å². The second-order valence-electron chi connectivity index (χ2n) is 6.25. The highest BCUT2D eigenvalue weighted by Crippen LogP contribution is 2.40. The molecular weight excluding hydrogens is 356 g/mol. The molecule has 0 spiro atoms. The van der Waals surface area contributed by atoms with E-state index in [0.29, 0.717) is 5.69 Å². The first-order valence-electron chi connectivity index (χ1n) is 7.71. The van der Waals surface area contributed by atoms with E-state index in [0.717, 1.165) is 17.3 Å². The number of para-hydroxylation sites is 1. The van der Waals surface area contributed by atoms with E-state index in [1.165, 1.54) is 17.0 Å². The third-order valence-corrected chi connectivity index (χ3v) is 6.33. The van der Waals surface area contributed by atoms with E-state index < -0.39 is 14.8 Å². The minimum atomic E-state index is -3.90. The Labute approximate surface area is 151 Å². The number of hydrogen-bond acceptors (Lipinski definition) is 4. The molecule has 0 bridgehead atoms. The van der Waals surface area contributed by atoms with Crippen molar-refractivity contribution in [2.24, 2.45) is 4.40 Å². The van der Waals surface area contributed by atoms with Crippen LogP contribution < -0.4 is 4.90 Å². The van der Waals surface area contributed by atoms with Crippen LogP contribution in [0.3, 0.4) is 0 Å². The van der Waals surface area contributed by atoms with Crippen molar-refractivity contribution in [1.82, 2.24) is 0 Å². The average molecular weight is 374 g/mol. The summed E-state index contributed by atoms with van der Waals surface area (Å²) >= 11 is 1.15. The molecule has 25 heavy (non-hydrogen) atoms. The third kappa shape index (κ3) is 3.48. The summed E-state index contributed by atoms with van der Waals surface area (Å²) < 4.78 is 28.5. The fourth-order valence-corrected chi connectivity index (χ4v) is 4.63. The second-order valence-corrected chi connectivity index (χ2v) is 9.44. The zero-order valence-electron chi connectivity index (χ0n) is 14.1. The predicted molar refractivity (Wildman–Crippen MR) is 101 cm³/mol. The summed E-state index contributed by atoms with van der Waals surface area (Å²) in [6.45, 7) is 5.40. The quantitative estimate of drug-likeness (QED) is 0.823. The number of benzene rings is 2. The SMILES string of the molecule is Cc1ccc(S(=O)(=O)N=C2SC(C)(C)C(=O)N2c2ccccc2)cc1. The van der Waals surface area contributed by atoms with Gasteiger partial charge in [-0.3, -0.25) is 9.69 Å². The van der Waals surface area contributed by atoms with Crippen LogP contribution in [0.1, 0.15) is 19.4 Å². The van der Waals surface area contributed by atoms with E-state index in [1.807, 2.05) is 13.0 Å². The Kier molecular flexibility index (Phi) is 4.47. The Morgan fingerprint density at radius 3 is 2.20 bits per heavy atom. The summed E-state index contributed by atoms with van der Waals surface area (Å²) in [5.74, 6) is -0.193. The number of amidine groups is 1. The fourth-order valence-electron chi connectivity index (χ4n) is 2.40. The van der Waals surface area contributed by atoms with Gasteiger partial charge in [-0.05, 0) is 45.0 Å². The normalized spacial score (nSPS) is 18.8. The molecule has 2 aromatic carbocycles. The fraction of sp³-hybridized carbons (Fsp3) is 0.222. The van der Waals surface area contributed by atoms with Crippen LogP contribution in [0.5, 0.6) is 0 Å². The van der Waals surface area contributed by atoms with Gasteiger partial charge in [-0.2, -0.15) is 8.42 Å². The van der Waals surface area contributed by atoms with Gasteiger partial charge in [0.15, 0.2) is 5.17 Å². The standard InChI is InChI=1S/C18H18N2O3S2/c1-13-9-11-15(12-10-13)25(22,23)19-17-20(14-7-5-4-6-8-14)16(21)18(2,3)24-17/h4-12H,1-3H3.